The van der Waals surface area contributed by atoms with Gasteiger partial charge in [-0.2, -0.15) is 0 Å². The molecule has 8 heteroatoms. The van der Waals surface area contributed by atoms with Crippen molar-refractivity contribution in [2.45, 2.75) is 6.92 Å². The monoisotopic (exact) mass is 388 g/mol. The highest BCUT2D eigenvalue weighted by Gasteiger charge is 2.20. The molecule has 0 fully saturated rings. The number of carbonyl (C=O) groups excluding carboxylic acids is 2. The van der Waals surface area contributed by atoms with E-state index in [-0.39, 0.29) is 5.69 Å². The fraction of sp³-hybridized carbons (Fsp3) is 0.105. The van der Waals surface area contributed by atoms with Crippen LogP contribution in [-0.2, 0) is 9.53 Å². The van der Waals surface area contributed by atoms with Crippen LogP contribution in [0.15, 0.2) is 48.5 Å². The number of nitrogens with zero attached hydrogens (tertiary/aromatic N) is 1. The van der Waals surface area contributed by atoms with Crippen molar-refractivity contribution in [1.29, 1.82) is 0 Å². The van der Waals surface area contributed by atoms with Gasteiger partial charge in [0.1, 0.15) is 4.88 Å². The van der Waals surface area contributed by atoms with Gasteiger partial charge in [0.25, 0.3) is 5.91 Å². The Balaban J connectivity index is 1.66. The van der Waals surface area contributed by atoms with Gasteiger partial charge in [-0.1, -0.05) is 30.3 Å². The maximum atomic E-state index is 13.2. The molecule has 1 aromatic heterocycles. The van der Waals surface area contributed by atoms with E-state index in [0.29, 0.717) is 15.6 Å². The lowest BCUT2D eigenvalue weighted by atomic mass is 10.1. The second-order valence-electron chi connectivity index (χ2n) is 5.53. The third kappa shape index (κ3) is 4.53. The standard InChI is InChI=1S/C19H14F2N2O3S/c1-11-22-17(12-5-3-2-4-6-12)18(27-11)19(25)26-10-16(24)23-13-7-8-14(20)15(21)9-13/h2-9H,10H2,1H3,(H,23,24). The Bertz CT molecular complexity index is 990. The predicted molar refractivity (Wildman–Crippen MR) is 97.6 cm³/mol. The van der Waals surface area contributed by atoms with Crippen molar-refractivity contribution in [3.05, 3.63) is 70.1 Å². The highest BCUT2D eigenvalue weighted by molar-refractivity contribution is 7.14. The Morgan fingerprint density at radius 2 is 1.85 bits per heavy atom. The van der Waals surface area contributed by atoms with E-state index in [1.54, 1.807) is 6.92 Å². The zero-order chi connectivity index (χ0) is 19.4. The normalized spacial score (nSPS) is 10.5. The second-order valence-corrected chi connectivity index (χ2v) is 6.73. The molecule has 27 heavy (non-hydrogen) atoms. The number of hydrogen-bond acceptors (Lipinski definition) is 5. The van der Waals surface area contributed by atoms with Gasteiger partial charge in [0, 0.05) is 17.3 Å². The zero-order valence-electron chi connectivity index (χ0n) is 14.2. The number of rotatable bonds is 5. The molecule has 0 saturated heterocycles. The van der Waals surface area contributed by atoms with Gasteiger partial charge in [0.15, 0.2) is 18.2 Å². The van der Waals surface area contributed by atoms with Crippen molar-refractivity contribution >= 4 is 28.9 Å². The molecule has 138 valence electrons. The van der Waals surface area contributed by atoms with Crippen molar-refractivity contribution in [3.63, 3.8) is 0 Å². The number of benzene rings is 2. The van der Waals surface area contributed by atoms with E-state index in [9.17, 15) is 18.4 Å². The molecule has 0 aliphatic carbocycles. The summed E-state index contributed by atoms with van der Waals surface area (Å²) in [7, 11) is 0. The van der Waals surface area contributed by atoms with Crippen LogP contribution in [0.1, 0.15) is 14.7 Å². The van der Waals surface area contributed by atoms with Gasteiger partial charge < -0.3 is 10.1 Å². The number of hydrogen-bond donors (Lipinski definition) is 1. The fourth-order valence-electron chi connectivity index (χ4n) is 2.32. The number of thiazole rings is 1. The van der Waals surface area contributed by atoms with Crippen molar-refractivity contribution in [3.8, 4) is 11.3 Å². The molecule has 1 amide bonds. The second kappa shape index (κ2) is 8.05. The molecule has 0 unspecified atom stereocenters. The largest absolute Gasteiger partial charge is 0.451 e. The van der Waals surface area contributed by atoms with Crippen LogP contribution in [0.3, 0.4) is 0 Å². The molecule has 0 bridgehead atoms. The summed E-state index contributed by atoms with van der Waals surface area (Å²) in [6, 6.07) is 12.1. The van der Waals surface area contributed by atoms with Crippen LogP contribution in [0.5, 0.6) is 0 Å². The number of nitrogens with one attached hydrogen (secondary N) is 1. The van der Waals surface area contributed by atoms with E-state index in [0.717, 1.165) is 17.7 Å². The molecule has 3 aromatic rings. The maximum absolute atomic E-state index is 13.2. The van der Waals surface area contributed by atoms with Gasteiger partial charge >= 0.3 is 5.97 Å². The van der Waals surface area contributed by atoms with Gasteiger partial charge in [-0.3, -0.25) is 4.79 Å². The molecule has 0 atom stereocenters. The van der Waals surface area contributed by atoms with E-state index < -0.39 is 30.1 Å². The van der Waals surface area contributed by atoms with Crippen LogP contribution in [-0.4, -0.2) is 23.5 Å². The first-order chi connectivity index (χ1) is 12.9. The topological polar surface area (TPSA) is 68.3 Å². The SMILES string of the molecule is Cc1nc(-c2ccccc2)c(C(=O)OCC(=O)Nc2ccc(F)c(F)c2)s1. The van der Waals surface area contributed by atoms with Crippen molar-refractivity contribution in [2.24, 2.45) is 0 Å². The molecule has 0 spiro atoms. The van der Waals surface area contributed by atoms with E-state index >= 15 is 0 Å². The van der Waals surface area contributed by atoms with Crippen LogP contribution in [0.4, 0.5) is 14.5 Å². The predicted octanol–water partition coefficient (Wildman–Crippen LogP) is 4.19. The summed E-state index contributed by atoms with van der Waals surface area (Å²) < 4.78 is 31.1. The number of carbonyl (C=O) groups is 2. The highest BCUT2D eigenvalue weighted by atomic mass is 32.1. The summed E-state index contributed by atoms with van der Waals surface area (Å²) in [4.78, 5) is 28.9. The number of anilines is 1. The lowest BCUT2D eigenvalue weighted by Crippen LogP contribution is -2.21. The third-order valence-electron chi connectivity index (χ3n) is 3.50. The lowest BCUT2D eigenvalue weighted by molar-refractivity contribution is -0.119. The minimum Gasteiger partial charge on any atom is -0.451 e. The molecule has 1 N–H and O–H groups in total. The molecular weight excluding hydrogens is 374 g/mol. The molecular formula is C19H14F2N2O3S. The molecule has 2 aromatic carbocycles. The highest BCUT2D eigenvalue weighted by Crippen LogP contribution is 2.28. The summed E-state index contributed by atoms with van der Waals surface area (Å²) >= 11 is 1.17. The average Bonchev–Trinajstić information content (AvgIpc) is 3.05. The van der Waals surface area contributed by atoms with Crippen LogP contribution in [0.2, 0.25) is 0 Å². The maximum Gasteiger partial charge on any atom is 0.351 e. The molecule has 0 aliphatic rings. The van der Waals surface area contributed by atoms with Gasteiger partial charge in [-0.05, 0) is 19.1 Å². The molecule has 3 rings (SSSR count). The fourth-order valence-corrected chi connectivity index (χ4v) is 3.16. The first kappa shape index (κ1) is 18.7. The summed E-state index contributed by atoms with van der Waals surface area (Å²) in [5.74, 6) is -3.46. The van der Waals surface area contributed by atoms with Crippen molar-refractivity contribution < 1.29 is 23.1 Å². The molecule has 0 radical (unpaired) electrons. The Labute approximate surface area is 157 Å². The third-order valence-corrected chi connectivity index (χ3v) is 4.46. The quantitative estimate of drug-likeness (QED) is 0.666. The number of halogens is 2. The van der Waals surface area contributed by atoms with Gasteiger partial charge in [0.05, 0.1) is 10.7 Å². The summed E-state index contributed by atoms with van der Waals surface area (Å²) in [5, 5.41) is 3.02. The Morgan fingerprint density at radius 3 is 2.56 bits per heavy atom. The number of ether oxygens (including phenoxy) is 1. The van der Waals surface area contributed by atoms with Gasteiger partial charge in [-0.15, -0.1) is 11.3 Å². The first-order valence-corrected chi connectivity index (χ1v) is 8.70. The smallest absolute Gasteiger partial charge is 0.351 e. The van der Waals surface area contributed by atoms with Gasteiger partial charge in [-0.25, -0.2) is 18.6 Å². The van der Waals surface area contributed by atoms with Crippen LogP contribution >= 0.6 is 11.3 Å². The molecule has 0 saturated carbocycles. The van der Waals surface area contributed by atoms with Crippen LogP contribution in [0.25, 0.3) is 11.3 Å². The van der Waals surface area contributed by atoms with E-state index in [1.807, 2.05) is 30.3 Å². The zero-order valence-corrected chi connectivity index (χ0v) is 15.0. The minimum atomic E-state index is -1.09. The van der Waals surface area contributed by atoms with E-state index in [1.165, 1.54) is 17.4 Å². The molecule has 5 nitrogen and oxygen atoms in total. The molecule has 0 aliphatic heterocycles. The summed E-state index contributed by atoms with van der Waals surface area (Å²) in [6.07, 6.45) is 0. The van der Waals surface area contributed by atoms with Crippen molar-refractivity contribution in [1.82, 2.24) is 4.98 Å². The Morgan fingerprint density at radius 1 is 1.11 bits per heavy atom. The van der Waals surface area contributed by atoms with E-state index in [4.69, 9.17) is 4.74 Å². The van der Waals surface area contributed by atoms with Crippen LogP contribution in [0, 0.1) is 18.6 Å². The molecule has 1 heterocycles. The Kier molecular flexibility index (Phi) is 5.56. The lowest BCUT2D eigenvalue weighted by Gasteiger charge is -2.07. The minimum absolute atomic E-state index is 0.0635. The van der Waals surface area contributed by atoms with E-state index in [2.05, 4.69) is 10.3 Å². The number of esters is 1. The Hall–Kier alpha value is -3.13. The van der Waals surface area contributed by atoms with Gasteiger partial charge in [0.2, 0.25) is 0 Å². The number of aromatic nitrogens is 1. The van der Waals surface area contributed by atoms with Crippen LogP contribution < -0.4 is 5.32 Å². The summed E-state index contributed by atoms with van der Waals surface area (Å²) in [5.41, 5.74) is 1.32. The number of amides is 1. The first-order valence-electron chi connectivity index (χ1n) is 7.89. The number of aryl methyl sites for hydroxylation is 1. The average molecular weight is 388 g/mol. The van der Waals surface area contributed by atoms with Crippen molar-refractivity contribution in [2.75, 3.05) is 11.9 Å². The summed E-state index contributed by atoms with van der Waals surface area (Å²) in [6.45, 7) is 1.20.